The predicted octanol–water partition coefficient (Wildman–Crippen LogP) is 5.24. The molecule has 0 radical (unpaired) electrons. The molecule has 1 aliphatic rings. The highest BCUT2D eigenvalue weighted by molar-refractivity contribution is 6.30. The highest BCUT2D eigenvalue weighted by Gasteiger charge is 2.42. The Morgan fingerprint density at radius 2 is 1.93 bits per heavy atom. The molecule has 1 fully saturated rings. The van der Waals surface area contributed by atoms with E-state index in [1.807, 2.05) is 0 Å². The van der Waals surface area contributed by atoms with E-state index in [1.54, 1.807) is 0 Å². The number of benzene rings is 1. The molecule has 148 valence electrons. The van der Waals surface area contributed by atoms with E-state index in [4.69, 9.17) is 11.6 Å². The molecule has 1 aromatic carbocycles. The summed E-state index contributed by atoms with van der Waals surface area (Å²) in [4.78, 5) is 16.8. The van der Waals surface area contributed by atoms with Gasteiger partial charge in [0.15, 0.2) is 0 Å². The Kier molecular flexibility index (Phi) is 5.48. The number of hydrogen-bond donors (Lipinski definition) is 1. The van der Waals surface area contributed by atoms with E-state index in [0.717, 1.165) is 12.1 Å². The van der Waals surface area contributed by atoms with Crippen LogP contribution < -0.4 is 5.32 Å². The molecule has 0 saturated heterocycles. The van der Waals surface area contributed by atoms with Gasteiger partial charge >= 0.3 is 6.18 Å². The first-order valence-corrected chi connectivity index (χ1v) is 8.97. The molecule has 0 spiro atoms. The molecule has 1 aromatic heterocycles. The topological polar surface area (TPSA) is 42.0 Å². The zero-order valence-corrected chi connectivity index (χ0v) is 15.4. The Morgan fingerprint density at radius 3 is 2.46 bits per heavy atom. The van der Waals surface area contributed by atoms with E-state index in [-0.39, 0.29) is 29.5 Å². The molecule has 1 amide bonds. The Hall–Kier alpha value is -2.41. The SMILES string of the molecule is C=CC[C@@](NC(=O)C1CC1)(c1cc(F)cc(C(F)(F)F)c1)c1ccc(Cl)cn1. The number of nitrogens with one attached hydrogen (secondary N) is 1. The zero-order valence-electron chi connectivity index (χ0n) is 14.7. The lowest BCUT2D eigenvalue weighted by molar-refractivity contribution is -0.137. The van der Waals surface area contributed by atoms with Crippen molar-refractivity contribution in [1.29, 1.82) is 0 Å². The van der Waals surface area contributed by atoms with E-state index < -0.39 is 23.1 Å². The molecule has 0 aliphatic heterocycles. The summed E-state index contributed by atoms with van der Waals surface area (Å²) in [5, 5.41) is 3.12. The number of rotatable bonds is 6. The maximum atomic E-state index is 14.1. The van der Waals surface area contributed by atoms with Crippen molar-refractivity contribution in [3.63, 3.8) is 0 Å². The van der Waals surface area contributed by atoms with Gasteiger partial charge in [0, 0.05) is 12.1 Å². The summed E-state index contributed by atoms with van der Waals surface area (Å²) in [6.45, 7) is 3.65. The van der Waals surface area contributed by atoms with Crippen LogP contribution in [0.25, 0.3) is 0 Å². The quantitative estimate of drug-likeness (QED) is 0.521. The first kappa shape index (κ1) is 20.3. The second-order valence-electron chi connectivity index (χ2n) is 6.75. The van der Waals surface area contributed by atoms with Gasteiger partial charge in [0.05, 0.1) is 16.3 Å². The summed E-state index contributed by atoms with van der Waals surface area (Å²) in [6.07, 6.45) is -0.572. The molecule has 0 bridgehead atoms. The highest BCUT2D eigenvalue weighted by Crippen LogP contribution is 2.39. The minimum atomic E-state index is -4.75. The van der Waals surface area contributed by atoms with Crippen LogP contribution in [0.2, 0.25) is 5.02 Å². The molecule has 1 saturated carbocycles. The molecule has 1 heterocycles. The van der Waals surface area contributed by atoms with Crippen LogP contribution in [0, 0.1) is 11.7 Å². The fourth-order valence-corrected chi connectivity index (χ4v) is 3.17. The molecule has 8 heteroatoms. The number of halogens is 5. The van der Waals surface area contributed by atoms with Gasteiger partial charge < -0.3 is 5.32 Å². The molecule has 1 N–H and O–H groups in total. The molecule has 1 atom stereocenters. The van der Waals surface area contributed by atoms with Gasteiger partial charge in [-0.1, -0.05) is 17.7 Å². The van der Waals surface area contributed by atoms with Crippen molar-refractivity contribution >= 4 is 17.5 Å². The monoisotopic (exact) mass is 412 g/mol. The second-order valence-corrected chi connectivity index (χ2v) is 7.19. The van der Waals surface area contributed by atoms with Crippen LogP contribution in [0.3, 0.4) is 0 Å². The van der Waals surface area contributed by atoms with Crippen molar-refractivity contribution in [3.8, 4) is 0 Å². The minimum absolute atomic E-state index is 0.0147. The number of aromatic nitrogens is 1. The molecule has 3 nitrogen and oxygen atoms in total. The number of pyridine rings is 1. The Bertz CT molecular complexity index is 894. The summed E-state index contributed by atoms with van der Waals surface area (Å²) in [5.41, 5.74) is -2.48. The molecule has 0 unspecified atom stereocenters. The Labute approximate surface area is 164 Å². The van der Waals surface area contributed by atoms with Gasteiger partial charge in [0.25, 0.3) is 0 Å². The van der Waals surface area contributed by atoms with E-state index in [1.165, 1.54) is 24.4 Å². The average Bonchev–Trinajstić information content (AvgIpc) is 3.46. The summed E-state index contributed by atoms with van der Waals surface area (Å²) < 4.78 is 53.9. The lowest BCUT2D eigenvalue weighted by Crippen LogP contribution is -2.48. The van der Waals surface area contributed by atoms with Gasteiger partial charge in [-0.05, 0) is 55.2 Å². The Balaban J connectivity index is 2.21. The molecule has 1 aliphatic carbocycles. The van der Waals surface area contributed by atoms with Gasteiger partial charge in [-0.25, -0.2) is 4.39 Å². The number of nitrogens with zero attached hydrogens (tertiary/aromatic N) is 1. The first-order chi connectivity index (χ1) is 13.2. The maximum Gasteiger partial charge on any atom is 0.416 e. The minimum Gasteiger partial charge on any atom is -0.340 e. The van der Waals surface area contributed by atoms with E-state index in [2.05, 4.69) is 16.9 Å². The van der Waals surface area contributed by atoms with Crippen LogP contribution in [0.15, 0.2) is 49.2 Å². The van der Waals surface area contributed by atoms with Crippen LogP contribution in [-0.2, 0) is 16.5 Å². The number of carbonyl (C=O) groups is 1. The predicted molar refractivity (Wildman–Crippen MR) is 97.1 cm³/mol. The van der Waals surface area contributed by atoms with E-state index in [9.17, 15) is 22.4 Å². The Morgan fingerprint density at radius 1 is 1.25 bits per heavy atom. The van der Waals surface area contributed by atoms with Crippen molar-refractivity contribution in [2.24, 2.45) is 5.92 Å². The van der Waals surface area contributed by atoms with Crippen LogP contribution in [0.1, 0.15) is 36.1 Å². The number of hydrogen-bond acceptors (Lipinski definition) is 2. The molecule has 2 aromatic rings. The zero-order chi connectivity index (χ0) is 20.5. The summed E-state index contributed by atoms with van der Waals surface area (Å²) in [7, 11) is 0. The van der Waals surface area contributed by atoms with Gasteiger partial charge in [-0.3, -0.25) is 9.78 Å². The van der Waals surface area contributed by atoms with Crippen molar-refractivity contribution in [2.75, 3.05) is 0 Å². The fourth-order valence-electron chi connectivity index (χ4n) is 3.06. The highest BCUT2D eigenvalue weighted by atomic mass is 35.5. The first-order valence-electron chi connectivity index (χ1n) is 8.59. The fraction of sp³-hybridized carbons (Fsp3) is 0.300. The van der Waals surface area contributed by atoms with Gasteiger partial charge in [-0.2, -0.15) is 13.2 Å². The average molecular weight is 413 g/mol. The van der Waals surface area contributed by atoms with Crippen LogP contribution in [0.5, 0.6) is 0 Å². The van der Waals surface area contributed by atoms with E-state index in [0.29, 0.717) is 23.9 Å². The van der Waals surface area contributed by atoms with Crippen molar-refractivity contribution < 1.29 is 22.4 Å². The largest absolute Gasteiger partial charge is 0.416 e. The van der Waals surface area contributed by atoms with Crippen molar-refractivity contribution in [2.45, 2.75) is 31.0 Å². The summed E-state index contributed by atoms with van der Waals surface area (Å²) >= 11 is 5.88. The number of alkyl halides is 3. The second kappa shape index (κ2) is 7.54. The van der Waals surface area contributed by atoms with Crippen molar-refractivity contribution in [1.82, 2.24) is 10.3 Å². The van der Waals surface area contributed by atoms with Crippen molar-refractivity contribution in [3.05, 3.63) is 76.8 Å². The van der Waals surface area contributed by atoms with Crippen LogP contribution in [-0.4, -0.2) is 10.9 Å². The lowest BCUT2D eigenvalue weighted by Gasteiger charge is -2.35. The van der Waals surface area contributed by atoms with Crippen LogP contribution >= 0.6 is 11.6 Å². The van der Waals surface area contributed by atoms with E-state index >= 15 is 0 Å². The third kappa shape index (κ3) is 4.19. The molecular formula is C20H17ClF4N2O. The maximum absolute atomic E-state index is 14.1. The third-order valence-electron chi connectivity index (χ3n) is 4.62. The van der Waals surface area contributed by atoms with Gasteiger partial charge in [0.1, 0.15) is 11.4 Å². The molecule has 28 heavy (non-hydrogen) atoms. The molecular weight excluding hydrogens is 396 g/mol. The van der Waals surface area contributed by atoms with Crippen LogP contribution in [0.4, 0.5) is 17.6 Å². The standard InChI is InChI=1S/C20H17ClF4N2O/c1-2-7-19(27-18(28)12-3-4-12,17-6-5-15(21)11-26-17)13-8-14(20(23,24)25)10-16(22)9-13/h2,5-6,8-12H,1,3-4,7H2,(H,27,28)/t19-/m1/s1. The summed E-state index contributed by atoms with van der Waals surface area (Å²) in [5.74, 6) is -1.60. The number of amides is 1. The van der Waals surface area contributed by atoms with Gasteiger partial charge in [0.2, 0.25) is 5.91 Å². The number of carbonyl (C=O) groups excluding carboxylic acids is 1. The smallest absolute Gasteiger partial charge is 0.340 e. The third-order valence-corrected chi connectivity index (χ3v) is 4.84. The molecule has 3 rings (SSSR count). The lowest BCUT2D eigenvalue weighted by atomic mass is 9.81. The summed E-state index contributed by atoms with van der Waals surface area (Å²) in [6, 6.07) is 5.23. The van der Waals surface area contributed by atoms with Gasteiger partial charge in [-0.15, -0.1) is 6.58 Å². The normalized spacial score (nSPS) is 16.3.